The van der Waals surface area contributed by atoms with Gasteiger partial charge in [0.05, 0.1) is 26.4 Å². The first-order valence-corrected chi connectivity index (χ1v) is 16.6. The van der Waals surface area contributed by atoms with Gasteiger partial charge in [0.2, 0.25) is 0 Å². The molecule has 0 aliphatic heterocycles. The van der Waals surface area contributed by atoms with Gasteiger partial charge in [0.25, 0.3) is 0 Å². The molecule has 0 fully saturated rings. The molecule has 0 bridgehead atoms. The van der Waals surface area contributed by atoms with Crippen molar-refractivity contribution < 1.29 is 18.9 Å². The predicted molar refractivity (Wildman–Crippen MR) is 219 cm³/mol. The summed E-state index contributed by atoms with van der Waals surface area (Å²) in [7, 11) is 6.56. The van der Waals surface area contributed by atoms with Crippen LogP contribution >= 0.6 is 0 Å². The highest BCUT2D eigenvalue weighted by Crippen LogP contribution is 2.12. The van der Waals surface area contributed by atoms with E-state index in [4.69, 9.17) is 0 Å². The Labute approximate surface area is 296 Å². The number of ether oxygens (including phenoxy) is 4. The van der Waals surface area contributed by atoms with Gasteiger partial charge < -0.3 is 18.9 Å². The minimum absolute atomic E-state index is 0.653. The van der Waals surface area contributed by atoms with Crippen LogP contribution in [0.3, 0.4) is 0 Å². The third-order valence-corrected chi connectivity index (χ3v) is 4.46. The normalized spacial score (nSPS) is 8.25. The SMILES string of the molecule is C=CCOC.C=CCOC.C=CCOC.C=CCOC.CC.CC.CC(C)C.c1ccc2ccccc2c1.c1ccc2ccccc2c1. The fourth-order valence-electron chi connectivity index (χ4n) is 2.74. The molecule has 0 saturated heterocycles. The van der Waals surface area contributed by atoms with E-state index in [-0.39, 0.29) is 0 Å². The smallest absolute Gasteiger partial charge is 0.0641 e. The van der Waals surface area contributed by atoms with Crippen molar-refractivity contribution in [3.8, 4) is 0 Å². The van der Waals surface area contributed by atoms with E-state index < -0.39 is 0 Å². The van der Waals surface area contributed by atoms with E-state index in [1.165, 1.54) is 21.5 Å². The standard InChI is InChI=1S/2C10H8.4C4H8O.C4H10.2C2H6/c2*1-2-6-10-8-4-3-7-9(10)5-1;4*1-3-4-5-2;1-4(2)3;2*1-2/h2*1-8H;4*3H,1,4H2,2H3;4H,1-3H3;2*1-2H3. The molecule has 0 radical (unpaired) electrons. The molecule has 0 spiro atoms. The molecule has 0 aromatic heterocycles. The third-order valence-electron chi connectivity index (χ3n) is 4.46. The zero-order chi connectivity index (χ0) is 37.7. The maximum absolute atomic E-state index is 4.57. The summed E-state index contributed by atoms with van der Waals surface area (Å²) >= 11 is 0. The zero-order valence-electron chi connectivity index (χ0n) is 32.4. The highest BCUT2D eigenvalue weighted by molar-refractivity contribution is 5.82. The van der Waals surface area contributed by atoms with E-state index >= 15 is 0 Å². The van der Waals surface area contributed by atoms with Gasteiger partial charge in [-0.3, -0.25) is 0 Å². The van der Waals surface area contributed by atoms with Crippen LogP contribution in [0, 0.1) is 5.92 Å². The van der Waals surface area contributed by atoms with E-state index in [0.717, 1.165) is 5.92 Å². The van der Waals surface area contributed by atoms with E-state index in [1.54, 1.807) is 52.7 Å². The molecule has 0 amide bonds. The molecule has 4 heteroatoms. The predicted octanol–water partition coefficient (Wildman–Crippen LogP) is 12.7. The van der Waals surface area contributed by atoms with Crippen LogP contribution in [-0.4, -0.2) is 54.9 Å². The summed E-state index contributed by atoms with van der Waals surface area (Å²) in [5.74, 6) is 0.833. The van der Waals surface area contributed by atoms with Gasteiger partial charge in [-0.1, -0.05) is 170 Å². The largest absolute Gasteiger partial charge is 0.381 e. The molecule has 0 N–H and O–H groups in total. The number of rotatable bonds is 8. The van der Waals surface area contributed by atoms with Crippen LogP contribution in [0.1, 0.15) is 48.5 Å². The van der Waals surface area contributed by atoms with Crippen molar-refractivity contribution in [3.63, 3.8) is 0 Å². The average molecular weight is 663 g/mol. The second kappa shape index (κ2) is 50.1. The summed E-state index contributed by atoms with van der Waals surface area (Å²) < 4.78 is 18.3. The Morgan fingerprint density at radius 3 is 0.583 bits per heavy atom. The van der Waals surface area contributed by atoms with Crippen LogP contribution in [0.2, 0.25) is 0 Å². The van der Waals surface area contributed by atoms with Gasteiger partial charge >= 0.3 is 0 Å². The van der Waals surface area contributed by atoms with Crippen LogP contribution in [0.5, 0.6) is 0 Å². The lowest BCUT2D eigenvalue weighted by Crippen LogP contribution is -1.76. The molecule has 4 rings (SSSR count). The molecule has 48 heavy (non-hydrogen) atoms. The van der Waals surface area contributed by atoms with Crippen molar-refractivity contribution in [1.82, 2.24) is 0 Å². The highest BCUT2D eigenvalue weighted by Gasteiger charge is 1.86. The lowest BCUT2D eigenvalue weighted by atomic mass is 10.1. The Morgan fingerprint density at radius 2 is 0.521 bits per heavy atom. The fraction of sp³-hybridized carbons (Fsp3) is 0.364. The van der Waals surface area contributed by atoms with Gasteiger partial charge in [-0.15, -0.1) is 26.3 Å². The van der Waals surface area contributed by atoms with E-state index in [2.05, 4.69) is 163 Å². The maximum Gasteiger partial charge on any atom is 0.0641 e. The van der Waals surface area contributed by atoms with Gasteiger partial charge in [-0.25, -0.2) is 0 Å². The number of fused-ring (bicyclic) bond motifs is 2. The molecule has 0 aliphatic rings. The molecule has 4 aromatic carbocycles. The molecule has 4 aromatic rings. The first kappa shape index (κ1) is 53.7. The Bertz CT molecular complexity index is 940. The van der Waals surface area contributed by atoms with Crippen molar-refractivity contribution in [2.75, 3.05) is 54.9 Å². The van der Waals surface area contributed by atoms with Crippen molar-refractivity contribution in [3.05, 3.63) is 148 Å². The van der Waals surface area contributed by atoms with Crippen molar-refractivity contribution in [2.24, 2.45) is 5.92 Å². The molecule has 0 atom stereocenters. The molecule has 0 heterocycles. The molecular formula is C44H70O4. The Morgan fingerprint density at radius 1 is 0.396 bits per heavy atom. The number of hydrogen-bond donors (Lipinski definition) is 0. The highest BCUT2D eigenvalue weighted by atomic mass is 16.5. The minimum atomic E-state index is 0.653. The van der Waals surface area contributed by atoms with Crippen LogP contribution < -0.4 is 0 Å². The van der Waals surface area contributed by atoms with E-state index in [1.807, 2.05) is 27.7 Å². The van der Waals surface area contributed by atoms with Crippen LogP contribution in [0.25, 0.3) is 21.5 Å². The van der Waals surface area contributed by atoms with Gasteiger partial charge in [-0.05, 0) is 27.5 Å². The number of methoxy groups -OCH3 is 4. The topological polar surface area (TPSA) is 36.9 Å². The molecule has 0 aliphatic carbocycles. The van der Waals surface area contributed by atoms with Gasteiger partial charge in [-0.2, -0.15) is 0 Å². The van der Waals surface area contributed by atoms with Gasteiger partial charge in [0, 0.05) is 28.4 Å². The second-order valence-electron chi connectivity index (χ2n) is 9.40. The maximum atomic E-state index is 4.57. The van der Waals surface area contributed by atoms with E-state index in [0.29, 0.717) is 26.4 Å². The number of hydrogen-bond acceptors (Lipinski definition) is 4. The molecule has 0 unspecified atom stereocenters. The van der Waals surface area contributed by atoms with Crippen molar-refractivity contribution in [1.29, 1.82) is 0 Å². The number of benzene rings is 4. The quantitative estimate of drug-likeness (QED) is 0.176. The Balaban J connectivity index is -0.000000152. The first-order chi connectivity index (χ1) is 23.3. The zero-order valence-corrected chi connectivity index (χ0v) is 32.4. The average Bonchev–Trinajstić information content (AvgIpc) is 3.13. The van der Waals surface area contributed by atoms with Crippen molar-refractivity contribution >= 4 is 21.5 Å². The molecular weight excluding hydrogens is 592 g/mol. The summed E-state index contributed by atoms with van der Waals surface area (Å²) in [6.45, 7) is 30.8. The lowest BCUT2D eigenvalue weighted by molar-refractivity contribution is 0.234. The fourth-order valence-corrected chi connectivity index (χ4v) is 2.74. The van der Waals surface area contributed by atoms with Gasteiger partial charge in [0.15, 0.2) is 0 Å². The Hall–Kier alpha value is -3.80. The monoisotopic (exact) mass is 663 g/mol. The third kappa shape index (κ3) is 44.3. The summed E-state index contributed by atoms with van der Waals surface area (Å²) in [6.07, 6.45) is 6.83. The summed E-state index contributed by atoms with van der Waals surface area (Å²) in [5, 5.41) is 5.24. The second-order valence-corrected chi connectivity index (χ2v) is 9.40. The van der Waals surface area contributed by atoms with Crippen LogP contribution in [-0.2, 0) is 18.9 Å². The van der Waals surface area contributed by atoms with Gasteiger partial charge in [0.1, 0.15) is 0 Å². The summed E-state index contributed by atoms with van der Waals surface area (Å²) in [5.41, 5.74) is 0. The molecule has 0 saturated carbocycles. The summed E-state index contributed by atoms with van der Waals surface area (Å²) in [4.78, 5) is 0. The minimum Gasteiger partial charge on any atom is -0.381 e. The summed E-state index contributed by atoms with van der Waals surface area (Å²) in [6, 6.07) is 33.4. The van der Waals surface area contributed by atoms with Crippen LogP contribution in [0.15, 0.2) is 148 Å². The Kier molecular flexibility index (Phi) is 56.0. The lowest BCUT2D eigenvalue weighted by Gasteiger charge is -1.92. The first-order valence-electron chi connectivity index (χ1n) is 16.6. The molecule has 270 valence electrons. The van der Waals surface area contributed by atoms with Crippen molar-refractivity contribution in [2.45, 2.75) is 48.5 Å². The van der Waals surface area contributed by atoms with Crippen LogP contribution in [0.4, 0.5) is 0 Å². The molecule has 4 nitrogen and oxygen atoms in total. The van der Waals surface area contributed by atoms with E-state index in [9.17, 15) is 0 Å².